The van der Waals surface area contributed by atoms with Gasteiger partial charge in [0.1, 0.15) is 6.04 Å². The van der Waals surface area contributed by atoms with E-state index in [1.807, 2.05) is 0 Å². The van der Waals surface area contributed by atoms with Crippen LogP contribution in [0.4, 0.5) is 13.2 Å². The Kier molecular flexibility index (Phi) is 4.95. The second-order valence-electron chi connectivity index (χ2n) is 6.45. The van der Waals surface area contributed by atoms with Gasteiger partial charge in [0.15, 0.2) is 0 Å². The topological polar surface area (TPSA) is 84.2 Å². The van der Waals surface area contributed by atoms with Crippen LogP contribution in [0.25, 0.3) is 5.69 Å². The van der Waals surface area contributed by atoms with E-state index in [1.54, 1.807) is 6.92 Å². The van der Waals surface area contributed by atoms with Crippen LogP contribution in [0.3, 0.4) is 0 Å². The van der Waals surface area contributed by atoms with Gasteiger partial charge in [-0.05, 0) is 37.5 Å². The molecule has 2 N–H and O–H groups in total. The molecule has 3 rings (SSSR count). The molecule has 0 bridgehead atoms. The average Bonchev–Trinajstić information content (AvgIpc) is 3.36. The van der Waals surface area contributed by atoms with E-state index in [0.717, 1.165) is 25.0 Å². The van der Waals surface area contributed by atoms with Crippen molar-refractivity contribution in [2.24, 2.45) is 0 Å². The van der Waals surface area contributed by atoms with Gasteiger partial charge in [0.2, 0.25) is 0 Å². The molecule has 6 nitrogen and oxygen atoms in total. The fraction of sp³-hybridized carbons (Fsp3) is 0.389. The lowest BCUT2D eigenvalue weighted by Crippen LogP contribution is -2.40. The van der Waals surface area contributed by atoms with Crippen LogP contribution >= 0.6 is 0 Å². The fourth-order valence-electron chi connectivity index (χ4n) is 2.88. The number of aliphatic carboxylic acids is 1. The molecule has 9 heteroatoms. The molecule has 1 atom stereocenters. The Bertz CT molecular complexity index is 872. The number of rotatable bonds is 6. The van der Waals surface area contributed by atoms with Gasteiger partial charge in [-0.2, -0.15) is 18.3 Å². The highest BCUT2D eigenvalue weighted by atomic mass is 19.4. The first kappa shape index (κ1) is 18.9. The van der Waals surface area contributed by atoms with Crippen molar-refractivity contribution in [3.05, 3.63) is 47.3 Å². The minimum absolute atomic E-state index is 0.00713. The molecule has 1 aromatic carbocycles. The summed E-state index contributed by atoms with van der Waals surface area (Å²) in [5.74, 6) is -1.74. The number of amides is 1. The van der Waals surface area contributed by atoms with E-state index in [2.05, 4.69) is 10.4 Å². The van der Waals surface area contributed by atoms with Crippen molar-refractivity contribution in [2.75, 3.05) is 0 Å². The first-order chi connectivity index (χ1) is 12.7. The van der Waals surface area contributed by atoms with E-state index in [-0.39, 0.29) is 23.6 Å². The molecule has 1 saturated carbocycles. The van der Waals surface area contributed by atoms with Crippen molar-refractivity contribution in [1.82, 2.24) is 15.1 Å². The zero-order valence-electron chi connectivity index (χ0n) is 14.5. The largest absolute Gasteiger partial charge is 0.480 e. The normalized spacial score (nSPS) is 15.4. The molecule has 27 heavy (non-hydrogen) atoms. The molecule has 2 aromatic rings. The lowest BCUT2D eigenvalue weighted by atomic mass is 10.1. The smallest absolute Gasteiger partial charge is 0.416 e. The highest BCUT2D eigenvalue weighted by Gasteiger charge is 2.35. The molecule has 0 spiro atoms. The summed E-state index contributed by atoms with van der Waals surface area (Å²) in [7, 11) is 0. The predicted molar refractivity (Wildman–Crippen MR) is 89.7 cm³/mol. The number of nitrogens with one attached hydrogen (secondary N) is 1. The molecule has 1 aromatic heterocycles. The molecule has 1 amide bonds. The number of carbonyl (C=O) groups is 2. The van der Waals surface area contributed by atoms with E-state index in [4.69, 9.17) is 5.11 Å². The Balaban J connectivity index is 1.98. The zero-order valence-corrected chi connectivity index (χ0v) is 14.5. The lowest BCUT2D eigenvalue weighted by molar-refractivity contribution is -0.139. The summed E-state index contributed by atoms with van der Waals surface area (Å²) in [5, 5.41) is 15.7. The van der Waals surface area contributed by atoms with Gasteiger partial charge in [0.25, 0.3) is 5.91 Å². The van der Waals surface area contributed by atoms with Crippen molar-refractivity contribution in [2.45, 2.75) is 44.3 Å². The first-order valence-corrected chi connectivity index (χ1v) is 8.51. The average molecular weight is 381 g/mol. The van der Waals surface area contributed by atoms with Gasteiger partial charge >= 0.3 is 12.1 Å². The summed E-state index contributed by atoms with van der Waals surface area (Å²) in [5.41, 5.74) is 0.0953. The van der Waals surface area contributed by atoms with E-state index in [9.17, 15) is 22.8 Å². The molecule has 1 unspecified atom stereocenters. The number of benzene rings is 1. The van der Waals surface area contributed by atoms with Crippen LogP contribution in [0, 0.1) is 0 Å². The Morgan fingerprint density at radius 2 is 2.07 bits per heavy atom. The minimum atomic E-state index is -4.49. The number of halogens is 3. The molecule has 1 aliphatic carbocycles. The monoisotopic (exact) mass is 381 g/mol. The predicted octanol–water partition coefficient (Wildman–Crippen LogP) is 3.36. The van der Waals surface area contributed by atoms with Gasteiger partial charge in [-0.15, -0.1) is 0 Å². The standard InChI is InChI=1S/C18H18F3N3O3/c1-2-14(17(26)27)23-16(25)13-9-22-24(15(13)10-6-7-10)12-5-3-4-11(8-12)18(19,20)21/h3-5,8-10,14H,2,6-7H2,1H3,(H,23,25)(H,26,27). The van der Waals surface area contributed by atoms with Crippen LogP contribution in [0.15, 0.2) is 30.5 Å². The Labute approximate surface area is 153 Å². The van der Waals surface area contributed by atoms with Gasteiger partial charge in [-0.25, -0.2) is 9.48 Å². The maximum absolute atomic E-state index is 13.0. The van der Waals surface area contributed by atoms with Crippen molar-refractivity contribution in [3.63, 3.8) is 0 Å². The number of aromatic nitrogens is 2. The molecule has 0 saturated heterocycles. The van der Waals surface area contributed by atoms with Crippen LogP contribution in [-0.4, -0.2) is 32.8 Å². The Morgan fingerprint density at radius 1 is 1.37 bits per heavy atom. The maximum Gasteiger partial charge on any atom is 0.416 e. The molecule has 1 aliphatic rings. The third-order valence-electron chi connectivity index (χ3n) is 4.44. The minimum Gasteiger partial charge on any atom is -0.480 e. The summed E-state index contributed by atoms with van der Waals surface area (Å²) in [6, 6.07) is 3.68. The van der Waals surface area contributed by atoms with E-state index < -0.39 is 29.7 Å². The third kappa shape index (κ3) is 3.96. The third-order valence-corrected chi connectivity index (χ3v) is 4.44. The van der Waals surface area contributed by atoms with E-state index in [1.165, 1.54) is 23.0 Å². The summed E-state index contributed by atoms with van der Waals surface area (Å²) in [6.07, 6.45) is -1.42. The molecule has 1 fully saturated rings. The molecular weight excluding hydrogens is 363 g/mol. The van der Waals surface area contributed by atoms with Gasteiger partial charge in [0, 0.05) is 5.92 Å². The van der Waals surface area contributed by atoms with Crippen LogP contribution in [0.1, 0.15) is 53.7 Å². The number of carbonyl (C=O) groups excluding carboxylic acids is 1. The number of carboxylic acids is 1. The Morgan fingerprint density at radius 3 is 2.63 bits per heavy atom. The van der Waals surface area contributed by atoms with Crippen molar-refractivity contribution < 1.29 is 27.9 Å². The number of carboxylic acid groups (broad SMARTS) is 1. The van der Waals surface area contributed by atoms with Gasteiger partial charge in [-0.3, -0.25) is 4.79 Å². The van der Waals surface area contributed by atoms with Crippen LogP contribution in [0.2, 0.25) is 0 Å². The summed E-state index contributed by atoms with van der Waals surface area (Å²) < 4.78 is 40.3. The molecular formula is C18H18F3N3O3. The summed E-state index contributed by atoms with van der Waals surface area (Å²) in [6.45, 7) is 1.63. The van der Waals surface area contributed by atoms with E-state index >= 15 is 0 Å². The molecule has 144 valence electrons. The Hall–Kier alpha value is -2.84. The van der Waals surface area contributed by atoms with Gasteiger partial charge < -0.3 is 10.4 Å². The number of hydrogen-bond donors (Lipinski definition) is 2. The second-order valence-corrected chi connectivity index (χ2v) is 6.45. The van der Waals surface area contributed by atoms with E-state index in [0.29, 0.717) is 5.69 Å². The van der Waals surface area contributed by atoms with Crippen LogP contribution in [-0.2, 0) is 11.0 Å². The number of nitrogens with zero attached hydrogens (tertiary/aromatic N) is 2. The maximum atomic E-state index is 13.0. The molecule has 0 aliphatic heterocycles. The number of hydrogen-bond acceptors (Lipinski definition) is 3. The van der Waals surface area contributed by atoms with Crippen molar-refractivity contribution in [3.8, 4) is 5.69 Å². The lowest BCUT2D eigenvalue weighted by Gasteiger charge is -2.14. The van der Waals surface area contributed by atoms with Gasteiger partial charge in [0.05, 0.1) is 28.7 Å². The molecule has 1 heterocycles. The summed E-state index contributed by atoms with van der Waals surface area (Å²) >= 11 is 0. The quantitative estimate of drug-likeness (QED) is 0.804. The van der Waals surface area contributed by atoms with Gasteiger partial charge in [-0.1, -0.05) is 13.0 Å². The second kappa shape index (κ2) is 7.05. The van der Waals surface area contributed by atoms with Crippen LogP contribution in [0.5, 0.6) is 0 Å². The first-order valence-electron chi connectivity index (χ1n) is 8.51. The SMILES string of the molecule is CCC(NC(=O)c1cnn(-c2cccc(C(F)(F)F)c2)c1C1CC1)C(=O)O. The zero-order chi connectivity index (χ0) is 19.8. The van der Waals surface area contributed by atoms with Crippen molar-refractivity contribution >= 4 is 11.9 Å². The van der Waals surface area contributed by atoms with Crippen LogP contribution < -0.4 is 5.32 Å². The number of alkyl halides is 3. The molecule has 0 radical (unpaired) electrons. The summed E-state index contributed by atoms with van der Waals surface area (Å²) in [4.78, 5) is 23.7. The highest BCUT2D eigenvalue weighted by molar-refractivity contribution is 5.97. The fourth-order valence-corrected chi connectivity index (χ4v) is 2.88. The van der Waals surface area contributed by atoms with Crippen molar-refractivity contribution in [1.29, 1.82) is 0 Å². The highest BCUT2D eigenvalue weighted by Crippen LogP contribution is 2.42.